The molecule has 0 aliphatic heterocycles. The van der Waals surface area contributed by atoms with Crippen molar-refractivity contribution in [3.05, 3.63) is 0 Å². The summed E-state index contributed by atoms with van der Waals surface area (Å²) < 4.78 is 0. The van der Waals surface area contributed by atoms with Crippen molar-refractivity contribution in [2.24, 2.45) is 4.99 Å². The lowest BCUT2D eigenvalue weighted by Crippen LogP contribution is -1.74. The van der Waals surface area contributed by atoms with E-state index in [2.05, 4.69) is 11.9 Å². The van der Waals surface area contributed by atoms with Crippen molar-refractivity contribution in [2.45, 2.75) is 19.8 Å². The highest BCUT2D eigenvalue weighted by atomic mass is 19.0. The molecule has 0 saturated heterocycles. The monoisotopic (exact) mass is 119 g/mol. The van der Waals surface area contributed by atoms with Crippen LogP contribution in [0.1, 0.15) is 19.8 Å². The minimum atomic E-state index is 0. The van der Waals surface area contributed by atoms with Gasteiger partial charge in [-0.25, -0.2) is 9.79 Å². The fraction of sp³-hybridized carbons (Fsp3) is 0.800. The summed E-state index contributed by atoms with van der Waals surface area (Å²) in [5, 5.41) is 0. The highest BCUT2D eigenvalue weighted by Crippen LogP contribution is 1.83. The summed E-state index contributed by atoms with van der Waals surface area (Å²) in [6, 6.07) is 0. The van der Waals surface area contributed by atoms with Crippen LogP contribution < -0.4 is 0 Å². The highest BCUT2D eigenvalue weighted by Gasteiger charge is 1.74. The van der Waals surface area contributed by atoms with E-state index in [1.165, 1.54) is 6.08 Å². The molecule has 0 spiro atoms. The largest absolute Gasteiger partial charge is 0.269 e. The molecule has 0 aromatic rings. The van der Waals surface area contributed by atoms with Gasteiger partial charge in [0.1, 0.15) is 0 Å². The third-order valence-corrected chi connectivity index (χ3v) is 0.688. The van der Waals surface area contributed by atoms with Crippen LogP contribution in [-0.4, -0.2) is 12.6 Å². The van der Waals surface area contributed by atoms with Gasteiger partial charge < -0.3 is 0 Å². The van der Waals surface area contributed by atoms with Gasteiger partial charge in [0.25, 0.3) is 0 Å². The SMILES string of the molecule is CCCCN=C=O.F. The number of hydrogen-bond acceptors (Lipinski definition) is 2. The lowest BCUT2D eigenvalue weighted by Gasteiger charge is -1.80. The van der Waals surface area contributed by atoms with Gasteiger partial charge in [0.2, 0.25) is 6.08 Å². The number of isocyanates is 1. The van der Waals surface area contributed by atoms with E-state index < -0.39 is 0 Å². The molecule has 0 bridgehead atoms. The zero-order chi connectivity index (χ0) is 5.54. The normalized spacial score (nSPS) is 6.62. The Balaban J connectivity index is 0. The van der Waals surface area contributed by atoms with Crippen LogP contribution >= 0.6 is 0 Å². The number of rotatable bonds is 3. The van der Waals surface area contributed by atoms with Crippen LogP contribution in [0.25, 0.3) is 0 Å². The van der Waals surface area contributed by atoms with Gasteiger partial charge in [-0.15, -0.1) is 0 Å². The predicted octanol–water partition coefficient (Wildman–Crippen LogP) is 1.27. The first kappa shape index (κ1) is 10.3. The zero-order valence-corrected chi connectivity index (χ0v) is 4.89. The zero-order valence-electron chi connectivity index (χ0n) is 4.89. The van der Waals surface area contributed by atoms with E-state index in [0.717, 1.165) is 12.8 Å². The summed E-state index contributed by atoms with van der Waals surface area (Å²) in [5.74, 6) is 0. The Morgan fingerprint density at radius 3 is 2.62 bits per heavy atom. The van der Waals surface area contributed by atoms with E-state index in [1.807, 2.05) is 0 Å². The molecular weight excluding hydrogens is 109 g/mol. The van der Waals surface area contributed by atoms with Crippen LogP contribution in [0.3, 0.4) is 0 Å². The molecule has 0 amide bonds. The van der Waals surface area contributed by atoms with Crippen LogP contribution in [-0.2, 0) is 4.79 Å². The quantitative estimate of drug-likeness (QED) is 0.312. The molecule has 0 fully saturated rings. The van der Waals surface area contributed by atoms with Crippen LogP contribution in [0.5, 0.6) is 0 Å². The Labute approximate surface area is 48.0 Å². The van der Waals surface area contributed by atoms with E-state index in [0.29, 0.717) is 6.54 Å². The summed E-state index contributed by atoms with van der Waals surface area (Å²) in [6.07, 6.45) is 3.56. The van der Waals surface area contributed by atoms with Crippen molar-refractivity contribution in [3.63, 3.8) is 0 Å². The van der Waals surface area contributed by atoms with Crippen LogP contribution in [0.4, 0.5) is 4.70 Å². The van der Waals surface area contributed by atoms with Gasteiger partial charge in [0.15, 0.2) is 0 Å². The number of carbonyl (C=O) groups excluding carboxylic acids is 1. The van der Waals surface area contributed by atoms with Crippen molar-refractivity contribution in [1.29, 1.82) is 0 Å². The van der Waals surface area contributed by atoms with Crippen LogP contribution in [0.15, 0.2) is 4.99 Å². The molecule has 0 rings (SSSR count). The maximum absolute atomic E-state index is 9.39. The Hall–Kier alpha value is -0.690. The molecule has 0 unspecified atom stereocenters. The molecule has 0 aliphatic rings. The van der Waals surface area contributed by atoms with Crippen LogP contribution in [0, 0.1) is 0 Å². The number of unbranched alkanes of at least 4 members (excludes halogenated alkanes) is 1. The summed E-state index contributed by atoms with van der Waals surface area (Å²) in [6.45, 7) is 2.69. The van der Waals surface area contributed by atoms with E-state index in [1.54, 1.807) is 0 Å². The van der Waals surface area contributed by atoms with Crippen molar-refractivity contribution >= 4 is 6.08 Å². The third-order valence-electron chi connectivity index (χ3n) is 0.688. The molecule has 0 atom stereocenters. The lowest BCUT2D eigenvalue weighted by atomic mass is 10.3. The molecule has 0 N–H and O–H groups in total. The second-order valence-corrected chi connectivity index (χ2v) is 1.33. The molecule has 0 aromatic carbocycles. The van der Waals surface area contributed by atoms with E-state index in [9.17, 15) is 4.79 Å². The molecule has 8 heavy (non-hydrogen) atoms. The highest BCUT2D eigenvalue weighted by molar-refractivity contribution is 5.32. The number of hydrogen-bond donors (Lipinski definition) is 0. The van der Waals surface area contributed by atoms with Crippen molar-refractivity contribution in [2.75, 3.05) is 6.54 Å². The van der Waals surface area contributed by atoms with E-state index >= 15 is 0 Å². The van der Waals surface area contributed by atoms with Crippen LogP contribution in [0.2, 0.25) is 0 Å². The fourth-order valence-corrected chi connectivity index (χ4v) is 0.283. The average molecular weight is 119 g/mol. The van der Waals surface area contributed by atoms with Crippen molar-refractivity contribution in [3.8, 4) is 0 Å². The average Bonchev–Trinajstić information content (AvgIpc) is 1.69. The fourth-order valence-electron chi connectivity index (χ4n) is 0.283. The minimum Gasteiger partial charge on any atom is -0.269 e. The maximum atomic E-state index is 9.39. The van der Waals surface area contributed by atoms with E-state index in [4.69, 9.17) is 0 Å². The standard InChI is InChI=1S/C5H9NO.FH/c1-2-3-4-6-5-7;/h2-4H2,1H3;1H. The Morgan fingerprint density at radius 1 is 1.62 bits per heavy atom. The van der Waals surface area contributed by atoms with Gasteiger partial charge in [0, 0.05) is 0 Å². The van der Waals surface area contributed by atoms with Gasteiger partial charge in [-0.05, 0) is 6.42 Å². The second kappa shape index (κ2) is 9.58. The molecule has 48 valence electrons. The Morgan fingerprint density at radius 2 is 2.25 bits per heavy atom. The smallest absolute Gasteiger partial charge is 0.234 e. The topological polar surface area (TPSA) is 29.4 Å². The molecule has 0 radical (unpaired) electrons. The molecule has 0 saturated carbocycles. The summed E-state index contributed by atoms with van der Waals surface area (Å²) in [4.78, 5) is 12.7. The molecule has 0 aromatic heterocycles. The van der Waals surface area contributed by atoms with Gasteiger partial charge in [-0.3, -0.25) is 4.70 Å². The summed E-state index contributed by atoms with van der Waals surface area (Å²) in [7, 11) is 0. The molecule has 3 heteroatoms. The lowest BCUT2D eigenvalue weighted by molar-refractivity contribution is 0.562. The summed E-state index contributed by atoms with van der Waals surface area (Å²) in [5.41, 5.74) is 0. The van der Waals surface area contributed by atoms with E-state index in [-0.39, 0.29) is 4.70 Å². The number of halogens is 1. The minimum absolute atomic E-state index is 0. The van der Waals surface area contributed by atoms with Gasteiger partial charge in [-0.1, -0.05) is 13.3 Å². The first-order valence-electron chi connectivity index (χ1n) is 2.45. The van der Waals surface area contributed by atoms with Crippen molar-refractivity contribution < 1.29 is 9.50 Å². The predicted molar refractivity (Wildman–Crippen MR) is 30.4 cm³/mol. The second-order valence-electron chi connectivity index (χ2n) is 1.33. The molecule has 0 heterocycles. The number of aliphatic imine (C=N–C) groups is 1. The first-order valence-corrected chi connectivity index (χ1v) is 2.45. The number of nitrogens with zero attached hydrogens (tertiary/aromatic N) is 1. The Bertz CT molecular complexity index is 78.5. The van der Waals surface area contributed by atoms with Crippen molar-refractivity contribution in [1.82, 2.24) is 0 Å². The molecule has 0 aliphatic carbocycles. The van der Waals surface area contributed by atoms with Gasteiger partial charge >= 0.3 is 0 Å². The third kappa shape index (κ3) is 9.00. The summed E-state index contributed by atoms with van der Waals surface area (Å²) >= 11 is 0. The Kier molecular flexibility index (Phi) is 12.4. The maximum Gasteiger partial charge on any atom is 0.234 e. The van der Waals surface area contributed by atoms with Gasteiger partial charge in [0.05, 0.1) is 6.54 Å². The molecular formula is C5H10FNO. The van der Waals surface area contributed by atoms with Gasteiger partial charge in [-0.2, -0.15) is 0 Å². The first-order chi connectivity index (χ1) is 3.41. The molecule has 2 nitrogen and oxygen atoms in total.